The molecule has 0 saturated carbocycles. The zero-order valence-electron chi connectivity index (χ0n) is 12.5. The second-order valence-electron chi connectivity index (χ2n) is 4.39. The van der Waals surface area contributed by atoms with Crippen LogP contribution in [0.25, 0.3) is 0 Å². The molecule has 9 nitrogen and oxygen atoms in total. The molecule has 0 saturated heterocycles. The molecular weight excluding hydrogens is 452 g/mol. The number of rotatable bonds is 6. The number of anilines is 2. The largest absolute Gasteiger partial charge is 0.444 e. The first kappa shape index (κ1) is 18.0. The van der Waals surface area contributed by atoms with Gasteiger partial charge in [-0.05, 0) is 35.0 Å². The molecule has 3 aromatic rings. The van der Waals surface area contributed by atoms with E-state index < -0.39 is 5.91 Å². The van der Waals surface area contributed by atoms with E-state index in [-0.39, 0.29) is 17.4 Å². The lowest BCUT2D eigenvalue weighted by Crippen LogP contribution is -2.13. The van der Waals surface area contributed by atoms with E-state index in [4.69, 9.17) is 4.42 Å². The summed E-state index contributed by atoms with van der Waals surface area (Å²) in [5, 5.41) is 22.2. The molecule has 0 radical (unpaired) electrons. The summed E-state index contributed by atoms with van der Waals surface area (Å²) in [6.07, 6.45) is 0. The van der Waals surface area contributed by atoms with Crippen molar-refractivity contribution in [3.8, 4) is 0 Å². The van der Waals surface area contributed by atoms with Gasteiger partial charge in [-0.15, -0.1) is 20.4 Å². The van der Waals surface area contributed by atoms with Gasteiger partial charge in [0.15, 0.2) is 14.8 Å². The number of thioether (sulfide) groups is 1. The molecule has 0 fully saturated rings. The maximum Gasteiger partial charge on any atom is 0.293 e. The van der Waals surface area contributed by atoms with Crippen molar-refractivity contribution >= 4 is 72.4 Å². The van der Waals surface area contributed by atoms with Crippen LogP contribution in [0.5, 0.6) is 0 Å². The van der Waals surface area contributed by atoms with Gasteiger partial charge in [-0.2, -0.15) is 0 Å². The normalized spacial score (nSPS) is 10.6. The molecule has 13 heteroatoms. The lowest BCUT2D eigenvalue weighted by molar-refractivity contribution is -0.113. The Morgan fingerprint density at radius 1 is 1.16 bits per heavy atom. The molecule has 25 heavy (non-hydrogen) atoms. The van der Waals surface area contributed by atoms with E-state index >= 15 is 0 Å². The molecule has 0 bridgehead atoms. The summed E-state index contributed by atoms with van der Waals surface area (Å²) >= 11 is 6.80. The number of carbonyl (C=O) groups excluding carboxylic acids is 2. The smallest absolute Gasteiger partial charge is 0.293 e. The van der Waals surface area contributed by atoms with Gasteiger partial charge in [0, 0.05) is 0 Å². The first-order valence-corrected chi connectivity index (χ1v) is 10.0. The molecule has 0 spiro atoms. The Bertz CT molecular complexity index is 907. The molecule has 2 amide bonds. The summed E-state index contributed by atoms with van der Waals surface area (Å²) in [6.45, 7) is 1.81. The van der Waals surface area contributed by atoms with Gasteiger partial charge in [0.1, 0.15) is 5.01 Å². The third kappa shape index (κ3) is 5.07. The van der Waals surface area contributed by atoms with Gasteiger partial charge < -0.3 is 4.42 Å². The highest BCUT2D eigenvalue weighted by molar-refractivity contribution is 9.10. The fourth-order valence-electron chi connectivity index (χ4n) is 1.54. The number of furan rings is 1. The van der Waals surface area contributed by atoms with E-state index in [1.165, 1.54) is 40.5 Å². The third-order valence-corrected chi connectivity index (χ3v) is 5.68. The van der Waals surface area contributed by atoms with Crippen molar-refractivity contribution in [2.75, 3.05) is 16.4 Å². The van der Waals surface area contributed by atoms with Crippen molar-refractivity contribution in [2.45, 2.75) is 11.3 Å². The molecule has 2 N–H and O–H groups in total. The molecule has 0 aliphatic rings. The van der Waals surface area contributed by atoms with Crippen LogP contribution in [0.15, 0.2) is 25.6 Å². The predicted octanol–water partition coefficient (Wildman–Crippen LogP) is 3.04. The standard InChI is InChI=1S/C12H9BrN6O3S3/c1-5-16-17-10(24-5)14-8(20)4-23-12-19-18-11(25-12)15-9(21)6-2-3-7(13)22-6/h2-3H,4H2,1H3,(H,14,17,20)(H,15,18,21). The minimum absolute atomic E-state index is 0.145. The maximum absolute atomic E-state index is 11.9. The lowest BCUT2D eigenvalue weighted by atomic mass is 10.4. The van der Waals surface area contributed by atoms with Gasteiger partial charge in [0.05, 0.1) is 5.75 Å². The second kappa shape index (κ2) is 8.03. The highest BCUT2D eigenvalue weighted by Crippen LogP contribution is 2.26. The number of amides is 2. The van der Waals surface area contributed by atoms with E-state index in [1.54, 1.807) is 13.0 Å². The summed E-state index contributed by atoms with van der Waals surface area (Å²) in [7, 11) is 0. The summed E-state index contributed by atoms with van der Waals surface area (Å²) in [5.41, 5.74) is 0. The average molecular weight is 461 g/mol. The van der Waals surface area contributed by atoms with Crippen LogP contribution in [0.4, 0.5) is 10.3 Å². The maximum atomic E-state index is 11.9. The monoisotopic (exact) mass is 460 g/mol. The molecular formula is C12H9BrN6O3S3. The minimum Gasteiger partial charge on any atom is -0.444 e. The van der Waals surface area contributed by atoms with Crippen LogP contribution in [-0.4, -0.2) is 38.0 Å². The Morgan fingerprint density at radius 3 is 2.60 bits per heavy atom. The summed E-state index contributed by atoms with van der Waals surface area (Å²) in [5.74, 6) is -0.347. The van der Waals surface area contributed by atoms with Crippen LogP contribution in [0.2, 0.25) is 0 Å². The molecule has 3 aromatic heterocycles. The van der Waals surface area contributed by atoms with E-state index in [1.807, 2.05) is 0 Å². The topological polar surface area (TPSA) is 123 Å². The summed E-state index contributed by atoms with van der Waals surface area (Å²) in [6, 6.07) is 3.16. The summed E-state index contributed by atoms with van der Waals surface area (Å²) in [4.78, 5) is 23.8. The van der Waals surface area contributed by atoms with E-state index in [0.717, 1.165) is 5.01 Å². The van der Waals surface area contributed by atoms with Crippen molar-refractivity contribution in [3.63, 3.8) is 0 Å². The Morgan fingerprint density at radius 2 is 1.92 bits per heavy atom. The van der Waals surface area contributed by atoms with Gasteiger partial charge in [0.25, 0.3) is 5.91 Å². The van der Waals surface area contributed by atoms with Crippen molar-refractivity contribution < 1.29 is 14.0 Å². The van der Waals surface area contributed by atoms with Gasteiger partial charge in [-0.25, -0.2) is 0 Å². The Kier molecular flexibility index (Phi) is 5.78. The summed E-state index contributed by atoms with van der Waals surface area (Å²) < 4.78 is 6.17. The van der Waals surface area contributed by atoms with Crippen molar-refractivity contribution in [1.82, 2.24) is 20.4 Å². The van der Waals surface area contributed by atoms with Crippen LogP contribution in [0.3, 0.4) is 0 Å². The molecule has 0 aliphatic heterocycles. The molecule has 130 valence electrons. The van der Waals surface area contributed by atoms with Gasteiger partial charge >= 0.3 is 0 Å². The van der Waals surface area contributed by atoms with Crippen LogP contribution >= 0.6 is 50.4 Å². The number of hydrogen-bond donors (Lipinski definition) is 2. The van der Waals surface area contributed by atoms with Crippen LogP contribution in [0.1, 0.15) is 15.6 Å². The zero-order valence-corrected chi connectivity index (χ0v) is 16.5. The predicted molar refractivity (Wildman–Crippen MR) is 98.3 cm³/mol. The average Bonchev–Trinajstić information content (AvgIpc) is 3.28. The molecule has 0 atom stereocenters. The van der Waals surface area contributed by atoms with Gasteiger partial charge in [-0.1, -0.05) is 34.4 Å². The molecule has 0 unspecified atom stereocenters. The number of aryl methyl sites for hydroxylation is 1. The molecule has 0 aromatic carbocycles. The number of hydrogen-bond acceptors (Lipinski definition) is 10. The van der Waals surface area contributed by atoms with Crippen molar-refractivity contribution in [1.29, 1.82) is 0 Å². The minimum atomic E-state index is -0.428. The van der Waals surface area contributed by atoms with Crippen molar-refractivity contribution in [3.05, 3.63) is 27.6 Å². The highest BCUT2D eigenvalue weighted by Gasteiger charge is 2.15. The molecule has 0 aliphatic carbocycles. The number of nitrogens with one attached hydrogen (secondary N) is 2. The zero-order chi connectivity index (χ0) is 17.8. The first-order chi connectivity index (χ1) is 12.0. The lowest BCUT2D eigenvalue weighted by Gasteiger charge is -1.98. The Balaban J connectivity index is 1.49. The van der Waals surface area contributed by atoms with Crippen molar-refractivity contribution in [2.24, 2.45) is 0 Å². The SMILES string of the molecule is Cc1nnc(NC(=O)CSc2nnc(NC(=O)c3ccc(Br)o3)s2)s1. The quantitative estimate of drug-likeness (QED) is 0.424. The Labute approximate surface area is 161 Å². The Hall–Kier alpha value is -1.83. The van der Waals surface area contributed by atoms with Gasteiger partial charge in [0.2, 0.25) is 16.2 Å². The molecule has 3 heterocycles. The third-order valence-electron chi connectivity index (χ3n) is 2.52. The van der Waals surface area contributed by atoms with Crippen LogP contribution < -0.4 is 10.6 Å². The van der Waals surface area contributed by atoms with E-state index in [0.29, 0.717) is 19.3 Å². The number of halogens is 1. The van der Waals surface area contributed by atoms with Crippen LogP contribution in [-0.2, 0) is 4.79 Å². The van der Waals surface area contributed by atoms with E-state index in [2.05, 4.69) is 47.0 Å². The molecule has 3 rings (SSSR count). The van der Waals surface area contributed by atoms with Gasteiger partial charge in [-0.3, -0.25) is 20.2 Å². The fourth-order valence-corrected chi connectivity index (χ4v) is 4.00. The number of aromatic nitrogens is 4. The second-order valence-corrected chi connectivity index (χ2v) is 8.56. The van der Waals surface area contributed by atoms with Crippen LogP contribution in [0, 0.1) is 6.92 Å². The van der Waals surface area contributed by atoms with E-state index in [9.17, 15) is 9.59 Å². The highest BCUT2D eigenvalue weighted by atomic mass is 79.9. The number of nitrogens with zero attached hydrogens (tertiary/aromatic N) is 4. The fraction of sp³-hybridized carbons (Fsp3) is 0.167. The first-order valence-electron chi connectivity index (χ1n) is 6.62. The number of carbonyl (C=O) groups is 2.